The van der Waals surface area contributed by atoms with Crippen LogP contribution in [0.15, 0.2) is 0 Å². The molecule has 2 heteroatoms. The summed E-state index contributed by atoms with van der Waals surface area (Å²) < 4.78 is 1.23. The Kier molecular flexibility index (Phi) is 4.42. The van der Waals surface area contributed by atoms with Gasteiger partial charge in [-0.2, -0.15) is 0 Å². The average molecular weight is 227 g/mol. The molecular formula is C14H31N2+. The van der Waals surface area contributed by atoms with Crippen molar-refractivity contribution in [3.8, 4) is 0 Å². The second kappa shape index (κ2) is 5.05. The lowest BCUT2D eigenvalue weighted by Gasteiger charge is -2.37. The van der Waals surface area contributed by atoms with Gasteiger partial charge in [0.1, 0.15) is 6.67 Å². The van der Waals surface area contributed by atoms with Crippen LogP contribution in [-0.2, 0) is 0 Å². The predicted molar refractivity (Wildman–Crippen MR) is 71.4 cm³/mol. The lowest BCUT2D eigenvalue weighted by Crippen LogP contribution is -2.49. The smallest absolute Gasteiger partial charge is 0.135 e. The summed E-state index contributed by atoms with van der Waals surface area (Å²) in [6.07, 6.45) is 3.92. The fourth-order valence-corrected chi connectivity index (χ4v) is 2.85. The van der Waals surface area contributed by atoms with Crippen LogP contribution >= 0.6 is 0 Å². The molecule has 2 nitrogen and oxygen atoms in total. The zero-order valence-electron chi connectivity index (χ0n) is 12.2. The summed E-state index contributed by atoms with van der Waals surface area (Å²) in [5, 5.41) is 0. The van der Waals surface area contributed by atoms with Crippen molar-refractivity contribution in [2.24, 2.45) is 0 Å². The molecule has 0 spiro atoms. The maximum atomic E-state index is 2.76. The van der Waals surface area contributed by atoms with E-state index in [-0.39, 0.29) is 0 Å². The fraction of sp³-hybridized carbons (Fsp3) is 1.00. The molecule has 0 radical (unpaired) electrons. The van der Waals surface area contributed by atoms with Crippen LogP contribution in [0.3, 0.4) is 0 Å². The van der Waals surface area contributed by atoms with Crippen molar-refractivity contribution in [1.29, 1.82) is 0 Å². The van der Waals surface area contributed by atoms with Gasteiger partial charge >= 0.3 is 0 Å². The summed E-state index contributed by atoms with van der Waals surface area (Å²) in [4.78, 5) is 2.76. The monoisotopic (exact) mass is 227 g/mol. The van der Waals surface area contributed by atoms with E-state index in [0.717, 1.165) is 6.04 Å². The van der Waals surface area contributed by atoms with E-state index in [9.17, 15) is 0 Å². The number of hydrogen-bond acceptors (Lipinski definition) is 1. The summed E-state index contributed by atoms with van der Waals surface area (Å²) in [5.74, 6) is 0. The number of likely N-dealkylation sites (N-methyl/N-ethyl adjacent to an activating group) is 1. The molecule has 1 unspecified atom stereocenters. The van der Waals surface area contributed by atoms with E-state index in [2.05, 4.69) is 46.6 Å². The van der Waals surface area contributed by atoms with Gasteiger partial charge < -0.3 is 4.48 Å². The second-order valence-corrected chi connectivity index (χ2v) is 6.34. The topological polar surface area (TPSA) is 3.24 Å². The zero-order valence-corrected chi connectivity index (χ0v) is 12.2. The first-order valence-corrected chi connectivity index (χ1v) is 6.99. The second-order valence-electron chi connectivity index (χ2n) is 6.34. The Morgan fingerprint density at radius 3 is 2.31 bits per heavy atom. The molecule has 0 N–H and O–H groups in total. The Balaban J connectivity index is 2.81. The molecule has 0 saturated carbocycles. The average Bonchev–Trinajstić information content (AvgIpc) is 2.58. The fourth-order valence-electron chi connectivity index (χ4n) is 2.85. The standard InChI is InChI=1S/C14H31N2/c1-7-10-13-11-16(6,9-3)12-15(13)14(4,5)8-2/h13H,7-12H2,1-6H3/q+1/t13?,16-/m1/s1. The van der Waals surface area contributed by atoms with Crippen LogP contribution in [0.1, 0.15) is 53.9 Å². The Labute approximate surface area is 102 Å². The van der Waals surface area contributed by atoms with Crippen molar-refractivity contribution >= 4 is 0 Å². The van der Waals surface area contributed by atoms with Gasteiger partial charge in [0, 0.05) is 5.54 Å². The lowest BCUT2D eigenvalue weighted by atomic mass is 9.97. The Bertz CT molecular complexity index is 225. The number of rotatable bonds is 5. The van der Waals surface area contributed by atoms with Crippen molar-refractivity contribution in [3.63, 3.8) is 0 Å². The van der Waals surface area contributed by atoms with Crippen LogP contribution in [0.25, 0.3) is 0 Å². The lowest BCUT2D eigenvalue weighted by molar-refractivity contribution is -0.901. The third-order valence-electron chi connectivity index (χ3n) is 4.61. The highest BCUT2D eigenvalue weighted by molar-refractivity contribution is 4.87. The first-order valence-electron chi connectivity index (χ1n) is 6.99. The van der Waals surface area contributed by atoms with Gasteiger partial charge in [0.05, 0.1) is 26.2 Å². The van der Waals surface area contributed by atoms with E-state index in [1.54, 1.807) is 0 Å². The summed E-state index contributed by atoms with van der Waals surface area (Å²) in [7, 11) is 2.41. The van der Waals surface area contributed by atoms with Crippen molar-refractivity contribution in [3.05, 3.63) is 0 Å². The normalized spacial score (nSPS) is 32.2. The molecule has 1 heterocycles. The maximum Gasteiger partial charge on any atom is 0.135 e. The molecule has 1 fully saturated rings. The van der Waals surface area contributed by atoms with Gasteiger partial charge in [-0.05, 0) is 33.6 Å². The molecule has 2 atom stereocenters. The van der Waals surface area contributed by atoms with Crippen molar-refractivity contribution in [1.82, 2.24) is 4.90 Å². The SMILES string of the molecule is CCCC1C[N@@+](C)(CC)CN1C(C)(C)CC. The van der Waals surface area contributed by atoms with Gasteiger partial charge in [0.2, 0.25) is 0 Å². The van der Waals surface area contributed by atoms with E-state index in [0.29, 0.717) is 5.54 Å². The number of quaternary nitrogens is 1. The van der Waals surface area contributed by atoms with Gasteiger partial charge in [-0.1, -0.05) is 20.3 Å². The maximum absolute atomic E-state index is 2.76. The van der Waals surface area contributed by atoms with Gasteiger partial charge in [-0.15, -0.1) is 0 Å². The largest absolute Gasteiger partial charge is 0.312 e. The highest BCUT2D eigenvalue weighted by atomic mass is 15.5. The van der Waals surface area contributed by atoms with Crippen LogP contribution in [-0.4, -0.2) is 47.8 Å². The minimum atomic E-state index is 0.366. The highest BCUT2D eigenvalue weighted by Gasteiger charge is 2.44. The third kappa shape index (κ3) is 2.78. The molecule has 16 heavy (non-hydrogen) atoms. The molecule has 96 valence electrons. The molecule has 1 saturated heterocycles. The number of hydrogen-bond donors (Lipinski definition) is 0. The quantitative estimate of drug-likeness (QED) is 0.652. The number of nitrogens with zero attached hydrogens (tertiary/aromatic N) is 2. The van der Waals surface area contributed by atoms with E-state index in [4.69, 9.17) is 0 Å². The van der Waals surface area contributed by atoms with E-state index in [1.807, 2.05) is 0 Å². The van der Waals surface area contributed by atoms with Crippen molar-refractivity contribution < 1.29 is 4.48 Å². The summed E-state index contributed by atoms with van der Waals surface area (Å²) >= 11 is 0. The van der Waals surface area contributed by atoms with E-state index < -0.39 is 0 Å². The summed E-state index contributed by atoms with van der Waals surface area (Å²) in [6.45, 7) is 15.6. The molecule has 0 aliphatic carbocycles. The predicted octanol–water partition coefficient (Wildman–Crippen LogP) is 3.08. The zero-order chi connectivity index (χ0) is 12.4. The van der Waals surface area contributed by atoms with Crippen LogP contribution in [0.5, 0.6) is 0 Å². The third-order valence-corrected chi connectivity index (χ3v) is 4.61. The molecule has 0 amide bonds. The molecule has 1 aliphatic rings. The molecule has 1 rings (SSSR count). The van der Waals surface area contributed by atoms with Gasteiger partial charge in [0.15, 0.2) is 0 Å². The summed E-state index contributed by atoms with van der Waals surface area (Å²) in [6, 6.07) is 0.796. The molecular weight excluding hydrogens is 196 g/mol. The van der Waals surface area contributed by atoms with Crippen LogP contribution < -0.4 is 0 Å². The molecule has 0 bridgehead atoms. The van der Waals surface area contributed by atoms with Gasteiger partial charge in [-0.25, -0.2) is 4.90 Å². The van der Waals surface area contributed by atoms with Crippen molar-refractivity contribution in [2.45, 2.75) is 65.5 Å². The highest BCUT2D eigenvalue weighted by Crippen LogP contribution is 2.31. The Hall–Kier alpha value is -0.0800. The Morgan fingerprint density at radius 1 is 1.25 bits per heavy atom. The van der Waals surface area contributed by atoms with E-state index in [1.165, 1.54) is 43.5 Å². The first kappa shape index (κ1) is 14.0. The first-order chi connectivity index (χ1) is 7.38. The minimum Gasteiger partial charge on any atom is -0.312 e. The van der Waals surface area contributed by atoms with Crippen LogP contribution in [0.4, 0.5) is 0 Å². The molecule has 0 aromatic carbocycles. The van der Waals surface area contributed by atoms with Crippen molar-refractivity contribution in [2.75, 3.05) is 26.8 Å². The Morgan fingerprint density at radius 2 is 1.88 bits per heavy atom. The van der Waals surface area contributed by atoms with Crippen LogP contribution in [0.2, 0.25) is 0 Å². The minimum absolute atomic E-state index is 0.366. The molecule has 0 aromatic heterocycles. The van der Waals surface area contributed by atoms with Crippen LogP contribution in [0, 0.1) is 0 Å². The molecule has 0 aromatic rings. The summed E-state index contributed by atoms with van der Waals surface area (Å²) in [5.41, 5.74) is 0.366. The van der Waals surface area contributed by atoms with E-state index >= 15 is 0 Å². The van der Waals surface area contributed by atoms with Gasteiger partial charge in [-0.3, -0.25) is 0 Å². The molecule has 1 aliphatic heterocycles. The van der Waals surface area contributed by atoms with Gasteiger partial charge in [0.25, 0.3) is 0 Å².